The maximum absolute atomic E-state index is 14.1. The van der Waals surface area contributed by atoms with E-state index in [1.54, 1.807) is 0 Å². The summed E-state index contributed by atoms with van der Waals surface area (Å²) in [5.74, 6) is 0.602. The third-order valence-electron chi connectivity index (χ3n) is 11.3. The standard InChI is InChI=1S/C36H50FN3O5/c37-21-32(38)25-6-8-26(9-7-25)35(42)40-15-12-31(24-4-2-1-3-5-24)33(40)34(41)39-30-11-10-27-18-29(19-28(27)20-30)36(43)45-22-23-13-16-44-17-14-23/h10-11,19-20,23-26,31-33H,1-9,12-18,21-22,38H2,(H,39,41)/t25?,26?,31-,32+,33-/m0/s1. The lowest BCUT2D eigenvalue weighted by atomic mass is 9.76. The fourth-order valence-corrected chi connectivity index (χ4v) is 8.57. The van der Waals surface area contributed by atoms with Crippen LogP contribution in [-0.4, -0.2) is 67.8 Å². The summed E-state index contributed by atoms with van der Waals surface area (Å²) in [7, 11) is 0. The molecule has 8 nitrogen and oxygen atoms in total. The summed E-state index contributed by atoms with van der Waals surface area (Å²) in [6, 6.07) is 4.84. The number of amides is 2. The van der Waals surface area contributed by atoms with E-state index >= 15 is 0 Å². The van der Waals surface area contributed by atoms with Crippen molar-refractivity contribution in [3.63, 3.8) is 0 Å². The Kier molecular flexibility index (Phi) is 10.6. The van der Waals surface area contributed by atoms with Gasteiger partial charge in [-0.3, -0.25) is 9.59 Å². The lowest BCUT2D eigenvalue weighted by Gasteiger charge is -2.36. The SMILES string of the molecule is N[C@H](CF)C1CCC(C(=O)N2CC[C@@H](C3CCCCC3)[C@H]2C(=O)Nc2ccc3c(c2)C=C(C(=O)OCC2CCOCC2)C3)CC1. The molecule has 0 spiro atoms. The number of alkyl halides is 1. The molecule has 2 aliphatic heterocycles. The predicted octanol–water partition coefficient (Wildman–Crippen LogP) is 5.44. The zero-order valence-electron chi connectivity index (χ0n) is 26.5. The second-order valence-electron chi connectivity index (χ2n) is 14.2. The average Bonchev–Trinajstić information content (AvgIpc) is 3.72. The molecule has 3 aliphatic carbocycles. The van der Waals surface area contributed by atoms with Crippen molar-refractivity contribution < 1.29 is 28.2 Å². The minimum Gasteiger partial charge on any atom is -0.462 e. The van der Waals surface area contributed by atoms with Crippen LogP contribution < -0.4 is 11.1 Å². The number of benzene rings is 1. The molecule has 9 heteroatoms. The number of hydrogen-bond acceptors (Lipinski definition) is 6. The first kappa shape index (κ1) is 32.2. The van der Waals surface area contributed by atoms with Crippen LogP contribution in [0.3, 0.4) is 0 Å². The van der Waals surface area contributed by atoms with E-state index in [2.05, 4.69) is 5.32 Å². The van der Waals surface area contributed by atoms with Crippen molar-refractivity contribution in [2.24, 2.45) is 35.3 Å². The highest BCUT2D eigenvalue weighted by Gasteiger charge is 2.47. The van der Waals surface area contributed by atoms with Gasteiger partial charge in [0.05, 0.1) is 6.61 Å². The summed E-state index contributed by atoms with van der Waals surface area (Å²) < 4.78 is 24.2. The van der Waals surface area contributed by atoms with Crippen molar-refractivity contribution >= 4 is 29.5 Å². The highest BCUT2D eigenvalue weighted by atomic mass is 19.1. The number of nitrogens with one attached hydrogen (secondary N) is 1. The minimum atomic E-state index is -0.527. The number of esters is 1. The van der Waals surface area contributed by atoms with Crippen molar-refractivity contribution in [1.29, 1.82) is 0 Å². The number of carbonyl (C=O) groups excluding carboxylic acids is 3. The van der Waals surface area contributed by atoms with Gasteiger partial charge in [0.25, 0.3) is 0 Å². The van der Waals surface area contributed by atoms with Crippen LogP contribution in [0.15, 0.2) is 23.8 Å². The summed E-state index contributed by atoms with van der Waals surface area (Å²) >= 11 is 0. The van der Waals surface area contributed by atoms with E-state index in [-0.39, 0.29) is 35.5 Å². The van der Waals surface area contributed by atoms with Crippen molar-refractivity contribution in [3.05, 3.63) is 34.9 Å². The van der Waals surface area contributed by atoms with Crippen molar-refractivity contribution in [3.8, 4) is 0 Å². The minimum absolute atomic E-state index is 0.0709. The summed E-state index contributed by atoms with van der Waals surface area (Å²) in [5, 5.41) is 3.16. The highest BCUT2D eigenvalue weighted by molar-refractivity contribution is 6.00. The van der Waals surface area contributed by atoms with Crippen LogP contribution in [0.2, 0.25) is 0 Å². The van der Waals surface area contributed by atoms with Gasteiger partial charge in [-0.25, -0.2) is 9.18 Å². The van der Waals surface area contributed by atoms with Crippen molar-refractivity contribution in [2.75, 3.05) is 38.4 Å². The molecule has 2 saturated carbocycles. The van der Waals surface area contributed by atoms with Gasteiger partial charge < -0.3 is 25.4 Å². The lowest BCUT2D eigenvalue weighted by Crippen LogP contribution is -2.50. The number of nitrogens with two attached hydrogens (primary N) is 1. The first-order chi connectivity index (χ1) is 21.9. The van der Waals surface area contributed by atoms with Gasteiger partial charge in [-0.05, 0) is 98.0 Å². The Balaban J connectivity index is 1.12. The van der Waals surface area contributed by atoms with E-state index in [9.17, 15) is 18.8 Å². The molecule has 0 aromatic heterocycles. The first-order valence-corrected chi connectivity index (χ1v) is 17.4. The second-order valence-corrected chi connectivity index (χ2v) is 14.2. The van der Waals surface area contributed by atoms with E-state index in [0.717, 1.165) is 69.3 Å². The number of anilines is 1. The largest absolute Gasteiger partial charge is 0.462 e. The maximum atomic E-state index is 14.1. The van der Waals surface area contributed by atoms with Crippen molar-refractivity contribution in [2.45, 2.75) is 95.6 Å². The van der Waals surface area contributed by atoms with Crippen LogP contribution in [0.1, 0.15) is 88.2 Å². The smallest absolute Gasteiger partial charge is 0.334 e. The highest BCUT2D eigenvalue weighted by Crippen LogP contribution is 2.41. The Bertz CT molecular complexity index is 1250. The fourth-order valence-electron chi connectivity index (χ4n) is 8.57. The first-order valence-electron chi connectivity index (χ1n) is 17.4. The maximum Gasteiger partial charge on any atom is 0.334 e. The van der Waals surface area contributed by atoms with Gasteiger partial charge in [0.15, 0.2) is 0 Å². The molecule has 45 heavy (non-hydrogen) atoms. The number of nitrogens with zero attached hydrogens (tertiary/aromatic N) is 1. The molecule has 2 amide bonds. The van der Waals surface area contributed by atoms with Gasteiger partial charge in [-0.15, -0.1) is 0 Å². The van der Waals surface area contributed by atoms with Gasteiger partial charge >= 0.3 is 5.97 Å². The number of likely N-dealkylation sites (tertiary alicyclic amines) is 1. The number of rotatable bonds is 9. The summed E-state index contributed by atoms with van der Waals surface area (Å²) in [6.45, 7) is 1.94. The van der Waals surface area contributed by atoms with E-state index < -0.39 is 18.8 Å². The summed E-state index contributed by atoms with van der Waals surface area (Å²) in [5.41, 5.74) is 9.23. The molecule has 6 rings (SSSR count). The third-order valence-corrected chi connectivity index (χ3v) is 11.3. The van der Waals surface area contributed by atoms with Crippen molar-refractivity contribution in [1.82, 2.24) is 4.90 Å². The quantitative estimate of drug-likeness (QED) is 0.355. The number of carbonyl (C=O) groups is 3. The summed E-state index contributed by atoms with van der Waals surface area (Å²) in [6.07, 6.45) is 13.8. The molecule has 3 atom stereocenters. The molecule has 5 aliphatic rings. The zero-order valence-corrected chi connectivity index (χ0v) is 26.5. The topological polar surface area (TPSA) is 111 Å². The zero-order chi connectivity index (χ0) is 31.3. The normalized spacial score (nSPS) is 28.3. The van der Waals surface area contributed by atoms with Crippen LogP contribution >= 0.6 is 0 Å². The third kappa shape index (κ3) is 7.46. The van der Waals surface area contributed by atoms with Crippen LogP contribution in [0.4, 0.5) is 10.1 Å². The van der Waals surface area contributed by atoms with E-state index in [1.807, 2.05) is 29.2 Å². The molecule has 0 radical (unpaired) electrons. The monoisotopic (exact) mass is 623 g/mol. The molecule has 0 unspecified atom stereocenters. The Hall–Kier alpha value is -2.78. The molecule has 3 N–H and O–H groups in total. The predicted molar refractivity (Wildman–Crippen MR) is 171 cm³/mol. The van der Waals surface area contributed by atoms with Gasteiger partial charge in [0, 0.05) is 49.4 Å². The van der Waals surface area contributed by atoms with Gasteiger partial charge in [0.2, 0.25) is 11.8 Å². The number of ether oxygens (including phenoxy) is 2. The van der Waals surface area contributed by atoms with E-state index in [4.69, 9.17) is 15.2 Å². The molecule has 2 heterocycles. The van der Waals surface area contributed by atoms with Gasteiger partial charge in [-0.2, -0.15) is 0 Å². The van der Waals surface area contributed by atoms with Crippen LogP contribution in [-0.2, 0) is 30.3 Å². The fraction of sp³-hybridized carbons (Fsp3) is 0.694. The Morgan fingerprint density at radius 1 is 1.00 bits per heavy atom. The molecular formula is C36H50FN3O5. The van der Waals surface area contributed by atoms with Crippen LogP contribution in [0.25, 0.3) is 6.08 Å². The van der Waals surface area contributed by atoms with Gasteiger partial charge in [-0.1, -0.05) is 38.2 Å². The van der Waals surface area contributed by atoms with Gasteiger partial charge in [0.1, 0.15) is 12.7 Å². The molecule has 246 valence electrons. The van der Waals surface area contributed by atoms with Crippen LogP contribution in [0.5, 0.6) is 0 Å². The molecule has 0 bridgehead atoms. The van der Waals surface area contributed by atoms with E-state index in [0.29, 0.717) is 55.5 Å². The van der Waals surface area contributed by atoms with Crippen LogP contribution in [0, 0.1) is 29.6 Å². The summed E-state index contributed by atoms with van der Waals surface area (Å²) in [4.78, 5) is 42.7. The number of fused-ring (bicyclic) bond motifs is 1. The number of hydrogen-bond donors (Lipinski definition) is 2. The Morgan fingerprint density at radius 2 is 1.76 bits per heavy atom. The average molecular weight is 624 g/mol. The Labute approximate surface area is 266 Å². The molecule has 1 aromatic rings. The molecule has 4 fully saturated rings. The molecule has 2 saturated heterocycles. The second kappa shape index (κ2) is 14.8. The van der Waals surface area contributed by atoms with E-state index in [1.165, 1.54) is 19.3 Å². The Morgan fingerprint density at radius 3 is 2.49 bits per heavy atom. The number of halogens is 1. The molecule has 1 aromatic carbocycles. The lowest BCUT2D eigenvalue weighted by molar-refractivity contribution is -0.142. The molecular weight excluding hydrogens is 573 g/mol.